The van der Waals surface area contributed by atoms with Crippen molar-refractivity contribution < 1.29 is 0 Å². The molecule has 0 spiro atoms. The molecule has 1 unspecified atom stereocenters. The van der Waals surface area contributed by atoms with Crippen LogP contribution in [0.5, 0.6) is 0 Å². The molecule has 1 aromatic carbocycles. The van der Waals surface area contributed by atoms with E-state index in [1.54, 1.807) is 0 Å². The highest BCUT2D eigenvalue weighted by Gasteiger charge is 2.20. The SMILES string of the molecule is CCN1CCC(NC(C)c2ccc(C)cc2C)CC1. The Morgan fingerprint density at radius 3 is 2.53 bits per heavy atom. The van der Waals surface area contributed by atoms with E-state index >= 15 is 0 Å². The lowest BCUT2D eigenvalue weighted by Gasteiger charge is -2.33. The summed E-state index contributed by atoms with van der Waals surface area (Å²) in [5.74, 6) is 0. The van der Waals surface area contributed by atoms with E-state index in [1.807, 2.05) is 0 Å². The summed E-state index contributed by atoms with van der Waals surface area (Å²) in [7, 11) is 0. The highest BCUT2D eigenvalue weighted by Crippen LogP contribution is 2.21. The predicted octanol–water partition coefficient (Wildman–Crippen LogP) is 3.44. The zero-order valence-corrected chi connectivity index (χ0v) is 12.9. The number of hydrogen-bond donors (Lipinski definition) is 1. The first-order valence-electron chi connectivity index (χ1n) is 7.65. The molecule has 19 heavy (non-hydrogen) atoms. The van der Waals surface area contributed by atoms with Gasteiger partial charge in [0.1, 0.15) is 0 Å². The summed E-state index contributed by atoms with van der Waals surface area (Å²) in [6.07, 6.45) is 2.56. The molecular formula is C17H28N2. The van der Waals surface area contributed by atoms with Gasteiger partial charge in [-0.05, 0) is 64.4 Å². The molecule has 0 amide bonds. The fourth-order valence-corrected chi connectivity index (χ4v) is 3.17. The largest absolute Gasteiger partial charge is 0.307 e. The number of rotatable bonds is 4. The fraction of sp³-hybridized carbons (Fsp3) is 0.647. The summed E-state index contributed by atoms with van der Waals surface area (Å²) < 4.78 is 0. The van der Waals surface area contributed by atoms with Crippen LogP contribution in [0, 0.1) is 13.8 Å². The molecule has 1 aliphatic heterocycles. The monoisotopic (exact) mass is 260 g/mol. The molecule has 0 aliphatic carbocycles. The van der Waals surface area contributed by atoms with Crippen LogP contribution in [0.2, 0.25) is 0 Å². The van der Waals surface area contributed by atoms with Crippen molar-refractivity contribution in [2.24, 2.45) is 0 Å². The molecule has 1 fully saturated rings. The summed E-state index contributed by atoms with van der Waals surface area (Å²) in [6, 6.07) is 7.92. The minimum absolute atomic E-state index is 0.457. The van der Waals surface area contributed by atoms with Gasteiger partial charge in [0.25, 0.3) is 0 Å². The van der Waals surface area contributed by atoms with E-state index in [0.29, 0.717) is 12.1 Å². The second kappa shape index (κ2) is 6.53. The van der Waals surface area contributed by atoms with Crippen molar-refractivity contribution in [2.45, 2.75) is 52.6 Å². The summed E-state index contributed by atoms with van der Waals surface area (Å²) in [6.45, 7) is 12.6. The molecular weight excluding hydrogens is 232 g/mol. The van der Waals surface area contributed by atoms with E-state index in [-0.39, 0.29) is 0 Å². The first-order valence-corrected chi connectivity index (χ1v) is 7.65. The third kappa shape index (κ3) is 3.80. The molecule has 1 atom stereocenters. The van der Waals surface area contributed by atoms with Gasteiger partial charge in [0.05, 0.1) is 0 Å². The van der Waals surface area contributed by atoms with Crippen LogP contribution in [0.15, 0.2) is 18.2 Å². The van der Waals surface area contributed by atoms with Crippen LogP contribution in [0.1, 0.15) is 49.4 Å². The van der Waals surface area contributed by atoms with Crippen molar-refractivity contribution in [1.29, 1.82) is 0 Å². The van der Waals surface area contributed by atoms with E-state index in [4.69, 9.17) is 0 Å². The average molecular weight is 260 g/mol. The lowest BCUT2D eigenvalue weighted by Crippen LogP contribution is -2.43. The Morgan fingerprint density at radius 1 is 1.26 bits per heavy atom. The summed E-state index contributed by atoms with van der Waals surface area (Å²) >= 11 is 0. The van der Waals surface area contributed by atoms with Crippen LogP contribution in [0.3, 0.4) is 0 Å². The maximum atomic E-state index is 3.81. The van der Waals surface area contributed by atoms with Crippen molar-refractivity contribution in [3.8, 4) is 0 Å². The van der Waals surface area contributed by atoms with E-state index in [1.165, 1.54) is 49.2 Å². The van der Waals surface area contributed by atoms with Crippen LogP contribution in [0.4, 0.5) is 0 Å². The maximum absolute atomic E-state index is 3.81. The van der Waals surface area contributed by atoms with Crippen molar-refractivity contribution in [2.75, 3.05) is 19.6 Å². The summed E-state index contributed by atoms with van der Waals surface area (Å²) in [4.78, 5) is 2.54. The third-order valence-electron chi connectivity index (χ3n) is 4.41. The Labute approximate surface area is 118 Å². The number of aryl methyl sites for hydroxylation is 2. The van der Waals surface area contributed by atoms with Gasteiger partial charge < -0.3 is 10.2 Å². The smallest absolute Gasteiger partial charge is 0.0296 e. The Morgan fingerprint density at radius 2 is 1.95 bits per heavy atom. The first kappa shape index (κ1) is 14.5. The normalized spacial score (nSPS) is 19.6. The van der Waals surface area contributed by atoms with Crippen LogP contribution < -0.4 is 5.32 Å². The van der Waals surface area contributed by atoms with Crippen molar-refractivity contribution in [1.82, 2.24) is 10.2 Å². The van der Waals surface area contributed by atoms with E-state index < -0.39 is 0 Å². The molecule has 1 heterocycles. The number of likely N-dealkylation sites (tertiary alicyclic amines) is 1. The fourth-order valence-electron chi connectivity index (χ4n) is 3.17. The zero-order chi connectivity index (χ0) is 13.8. The molecule has 0 bridgehead atoms. The second-order valence-electron chi connectivity index (χ2n) is 5.96. The van der Waals surface area contributed by atoms with E-state index in [9.17, 15) is 0 Å². The second-order valence-corrected chi connectivity index (χ2v) is 5.96. The van der Waals surface area contributed by atoms with Crippen LogP contribution in [-0.2, 0) is 0 Å². The van der Waals surface area contributed by atoms with Gasteiger partial charge in [0, 0.05) is 12.1 Å². The lowest BCUT2D eigenvalue weighted by molar-refractivity contribution is 0.200. The van der Waals surface area contributed by atoms with Gasteiger partial charge in [-0.15, -0.1) is 0 Å². The van der Waals surface area contributed by atoms with Crippen molar-refractivity contribution in [3.05, 3.63) is 34.9 Å². The molecule has 2 rings (SSSR count). The molecule has 2 nitrogen and oxygen atoms in total. The molecule has 0 radical (unpaired) electrons. The van der Waals surface area contributed by atoms with Crippen molar-refractivity contribution >= 4 is 0 Å². The standard InChI is InChI=1S/C17H28N2/c1-5-19-10-8-16(9-11-19)18-15(4)17-7-6-13(2)12-14(17)3/h6-7,12,15-16,18H,5,8-11H2,1-4H3. The maximum Gasteiger partial charge on any atom is 0.0296 e. The Kier molecular flexibility index (Phi) is 5.00. The zero-order valence-electron chi connectivity index (χ0n) is 12.9. The molecule has 1 aliphatic rings. The van der Waals surface area contributed by atoms with Crippen LogP contribution in [-0.4, -0.2) is 30.6 Å². The Bertz CT molecular complexity index is 406. The van der Waals surface area contributed by atoms with Gasteiger partial charge >= 0.3 is 0 Å². The number of hydrogen-bond acceptors (Lipinski definition) is 2. The van der Waals surface area contributed by atoms with Gasteiger partial charge in [-0.2, -0.15) is 0 Å². The average Bonchev–Trinajstić information content (AvgIpc) is 2.39. The molecule has 0 aromatic heterocycles. The molecule has 0 saturated carbocycles. The molecule has 106 valence electrons. The quantitative estimate of drug-likeness (QED) is 0.892. The molecule has 1 saturated heterocycles. The number of nitrogens with one attached hydrogen (secondary N) is 1. The van der Waals surface area contributed by atoms with Crippen molar-refractivity contribution in [3.63, 3.8) is 0 Å². The Hall–Kier alpha value is -0.860. The van der Waals surface area contributed by atoms with E-state index in [0.717, 1.165) is 0 Å². The van der Waals surface area contributed by atoms with E-state index in [2.05, 4.69) is 56.1 Å². The van der Waals surface area contributed by atoms with Crippen LogP contribution in [0.25, 0.3) is 0 Å². The van der Waals surface area contributed by atoms with Gasteiger partial charge in [-0.3, -0.25) is 0 Å². The van der Waals surface area contributed by atoms with Gasteiger partial charge in [-0.25, -0.2) is 0 Å². The molecule has 1 aromatic rings. The van der Waals surface area contributed by atoms with Gasteiger partial charge in [0.15, 0.2) is 0 Å². The predicted molar refractivity (Wildman–Crippen MR) is 82.6 cm³/mol. The van der Waals surface area contributed by atoms with Gasteiger partial charge in [0.2, 0.25) is 0 Å². The third-order valence-corrected chi connectivity index (χ3v) is 4.41. The minimum Gasteiger partial charge on any atom is -0.307 e. The first-order chi connectivity index (χ1) is 9.10. The lowest BCUT2D eigenvalue weighted by atomic mass is 9.97. The van der Waals surface area contributed by atoms with Gasteiger partial charge in [-0.1, -0.05) is 30.7 Å². The number of piperidine rings is 1. The highest BCUT2D eigenvalue weighted by atomic mass is 15.1. The number of nitrogens with zero attached hydrogens (tertiary/aromatic N) is 1. The molecule has 2 heteroatoms. The molecule has 1 N–H and O–H groups in total. The Balaban J connectivity index is 1.92. The van der Waals surface area contributed by atoms with Crippen LogP contribution >= 0.6 is 0 Å². The highest BCUT2D eigenvalue weighted by molar-refractivity contribution is 5.32. The minimum atomic E-state index is 0.457. The summed E-state index contributed by atoms with van der Waals surface area (Å²) in [5.41, 5.74) is 4.21. The number of benzene rings is 1. The summed E-state index contributed by atoms with van der Waals surface area (Å²) in [5, 5.41) is 3.81. The topological polar surface area (TPSA) is 15.3 Å².